The molecule has 1 aromatic carbocycles. The quantitative estimate of drug-likeness (QED) is 0.721. The number of aromatic hydroxyl groups is 1. The van der Waals surface area contributed by atoms with Crippen molar-refractivity contribution in [2.75, 3.05) is 6.61 Å². The molecule has 0 heterocycles. The van der Waals surface area contributed by atoms with Crippen LogP contribution in [0.3, 0.4) is 0 Å². The van der Waals surface area contributed by atoms with E-state index in [4.69, 9.17) is 4.74 Å². The van der Waals surface area contributed by atoms with Gasteiger partial charge >= 0.3 is 0 Å². The fraction of sp³-hybridized carbons (Fsp3) is 0.300. The Morgan fingerprint density at radius 2 is 2.31 bits per heavy atom. The van der Waals surface area contributed by atoms with Crippen LogP contribution in [0.5, 0.6) is 11.5 Å². The van der Waals surface area contributed by atoms with Gasteiger partial charge in [0, 0.05) is 5.56 Å². The summed E-state index contributed by atoms with van der Waals surface area (Å²) in [6.45, 7) is 2.51. The highest BCUT2D eigenvalue weighted by Crippen LogP contribution is 2.26. The van der Waals surface area contributed by atoms with Crippen LogP contribution >= 0.6 is 0 Å². The third-order valence-corrected chi connectivity index (χ3v) is 1.58. The van der Waals surface area contributed by atoms with E-state index in [1.54, 1.807) is 6.07 Å². The predicted octanol–water partition coefficient (Wildman–Crippen LogP) is 1.99. The fourth-order valence-corrected chi connectivity index (χ4v) is 0.932. The number of hydrogen-bond donors (Lipinski definition) is 1. The van der Waals surface area contributed by atoms with Crippen LogP contribution in [-0.4, -0.2) is 18.0 Å². The third kappa shape index (κ3) is 2.47. The molecule has 0 saturated heterocycles. The Hall–Kier alpha value is -1.51. The maximum Gasteiger partial charge on any atom is 0.161 e. The molecule has 0 atom stereocenters. The highest BCUT2D eigenvalue weighted by atomic mass is 16.5. The van der Waals surface area contributed by atoms with Gasteiger partial charge in [0.15, 0.2) is 11.5 Å². The molecule has 0 saturated carbocycles. The van der Waals surface area contributed by atoms with Crippen molar-refractivity contribution in [2.24, 2.45) is 0 Å². The highest BCUT2D eigenvalue weighted by molar-refractivity contribution is 5.76. The zero-order chi connectivity index (χ0) is 9.68. The number of ether oxygens (including phenoxy) is 1. The molecule has 0 aromatic heterocycles. The van der Waals surface area contributed by atoms with Crippen LogP contribution < -0.4 is 4.74 Å². The number of phenols is 1. The Balaban J connectivity index is 2.83. The minimum atomic E-state index is 0.0686. The fourth-order valence-electron chi connectivity index (χ4n) is 0.932. The standard InChI is InChI=1S/C10H12O3/c1-2-5-13-10-6-8(7-11)3-4-9(10)12/h3-4,6-7,12H,2,5H2,1H3. The lowest BCUT2D eigenvalue weighted by Gasteiger charge is -2.06. The molecule has 0 aliphatic carbocycles. The van der Waals surface area contributed by atoms with Crippen molar-refractivity contribution in [1.29, 1.82) is 0 Å². The van der Waals surface area contributed by atoms with Crippen molar-refractivity contribution in [2.45, 2.75) is 13.3 Å². The van der Waals surface area contributed by atoms with Crippen molar-refractivity contribution >= 4 is 6.29 Å². The van der Waals surface area contributed by atoms with Gasteiger partial charge in [-0.3, -0.25) is 4.79 Å². The number of carbonyl (C=O) groups is 1. The second-order valence-corrected chi connectivity index (χ2v) is 2.69. The summed E-state index contributed by atoms with van der Waals surface area (Å²) in [5, 5.41) is 9.32. The Labute approximate surface area is 77.0 Å². The molecule has 1 aromatic rings. The van der Waals surface area contributed by atoms with Crippen LogP contribution in [0.2, 0.25) is 0 Å². The average Bonchev–Trinajstić information content (AvgIpc) is 2.17. The number of hydrogen-bond acceptors (Lipinski definition) is 3. The summed E-state index contributed by atoms with van der Waals surface area (Å²) >= 11 is 0. The van der Waals surface area contributed by atoms with E-state index in [0.29, 0.717) is 17.9 Å². The monoisotopic (exact) mass is 180 g/mol. The van der Waals surface area contributed by atoms with E-state index in [1.165, 1.54) is 12.1 Å². The number of phenolic OH excluding ortho intramolecular Hbond substituents is 1. The summed E-state index contributed by atoms with van der Waals surface area (Å²) in [6, 6.07) is 4.52. The molecule has 3 nitrogen and oxygen atoms in total. The van der Waals surface area contributed by atoms with Gasteiger partial charge in [-0.2, -0.15) is 0 Å². The van der Waals surface area contributed by atoms with Gasteiger partial charge in [0.1, 0.15) is 6.29 Å². The molecule has 0 spiro atoms. The normalized spacial score (nSPS) is 9.62. The molecule has 0 unspecified atom stereocenters. The maximum absolute atomic E-state index is 10.4. The van der Waals surface area contributed by atoms with Crippen molar-refractivity contribution in [3.8, 4) is 11.5 Å². The van der Waals surface area contributed by atoms with Gasteiger partial charge in [0.05, 0.1) is 6.61 Å². The lowest BCUT2D eigenvalue weighted by atomic mass is 10.2. The third-order valence-electron chi connectivity index (χ3n) is 1.58. The molecule has 0 amide bonds. The molecule has 0 aliphatic rings. The predicted molar refractivity (Wildman–Crippen MR) is 49.3 cm³/mol. The van der Waals surface area contributed by atoms with Crippen molar-refractivity contribution in [3.63, 3.8) is 0 Å². The first-order valence-corrected chi connectivity index (χ1v) is 4.19. The summed E-state index contributed by atoms with van der Waals surface area (Å²) in [4.78, 5) is 10.4. The van der Waals surface area contributed by atoms with Gasteiger partial charge in [0.25, 0.3) is 0 Å². The number of aldehydes is 1. The number of rotatable bonds is 4. The lowest BCUT2D eigenvalue weighted by Crippen LogP contribution is -1.95. The first kappa shape index (κ1) is 9.58. The zero-order valence-corrected chi connectivity index (χ0v) is 7.49. The molecule has 0 aliphatic heterocycles. The Morgan fingerprint density at radius 1 is 1.54 bits per heavy atom. The van der Waals surface area contributed by atoms with E-state index in [2.05, 4.69) is 0 Å². The molecular formula is C10H12O3. The van der Waals surface area contributed by atoms with E-state index in [9.17, 15) is 9.90 Å². The van der Waals surface area contributed by atoms with E-state index in [1.807, 2.05) is 6.92 Å². The molecule has 1 N–H and O–H groups in total. The Morgan fingerprint density at radius 3 is 2.92 bits per heavy atom. The second kappa shape index (κ2) is 4.50. The van der Waals surface area contributed by atoms with Crippen LogP contribution in [-0.2, 0) is 0 Å². The molecule has 70 valence electrons. The summed E-state index contributed by atoms with van der Waals surface area (Å²) in [7, 11) is 0. The van der Waals surface area contributed by atoms with Gasteiger partial charge in [0.2, 0.25) is 0 Å². The largest absolute Gasteiger partial charge is 0.504 e. The smallest absolute Gasteiger partial charge is 0.161 e. The zero-order valence-electron chi connectivity index (χ0n) is 7.49. The molecular weight excluding hydrogens is 168 g/mol. The first-order chi connectivity index (χ1) is 6.27. The van der Waals surface area contributed by atoms with Crippen molar-refractivity contribution in [3.05, 3.63) is 23.8 Å². The highest BCUT2D eigenvalue weighted by Gasteiger charge is 2.02. The van der Waals surface area contributed by atoms with Crippen molar-refractivity contribution < 1.29 is 14.6 Å². The van der Waals surface area contributed by atoms with Crippen LogP contribution in [0.1, 0.15) is 23.7 Å². The van der Waals surface area contributed by atoms with Gasteiger partial charge in [-0.25, -0.2) is 0 Å². The Bertz CT molecular complexity index is 294. The summed E-state index contributed by atoms with van der Waals surface area (Å²) in [5.41, 5.74) is 0.504. The topological polar surface area (TPSA) is 46.5 Å². The minimum absolute atomic E-state index is 0.0686. The number of carbonyl (C=O) groups excluding carboxylic acids is 1. The van der Waals surface area contributed by atoms with Gasteiger partial charge in [-0.1, -0.05) is 6.92 Å². The molecule has 1 rings (SSSR count). The van der Waals surface area contributed by atoms with E-state index >= 15 is 0 Å². The van der Waals surface area contributed by atoms with E-state index in [0.717, 1.165) is 12.7 Å². The van der Waals surface area contributed by atoms with Gasteiger partial charge in [-0.15, -0.1) is 0 Å². The molecule has 13 heavy (non-hydrogen) atoms. The molecule has 0 radical (unpaired) electrons. The Kier molecular flexibility index (Phi) is 3.31. The molecule has 0 fully saturated rings. The van der Waals surface area contributed by atoms with Crippen molar-refractivity contribution in [1.82, 2.24) is 0 Å². The molecule has 0 bridgehead atoms. The SMILES string of the molecule is CCCOc1cc(C=O)ccc1O. The molecule has 3 heteroatoms. The van der Waals surface area contributed by atoms with E-state index in [-0.39, 0.29) is 5.75 Å². The summed E-state index contributed by atoms with van der Waals surface area (Å²) in [6.07, 6.45) is 1.59. The van der Waals surface area contributed by atoms with Crippen LogP contribution in [0.15, 0.2) is 18.2 Å². The van der Waals surface area contributed by atoms with E-state index < -0.39 is 0 Å². The summed E-state index contributed by atoms with van der Waals surface area (Å²) < 4.78 is 5.22. The second-order valence-electron chi connectivity index (χ2n) is 2.69. The van der Waals surface area contributed by atoms with Crippen LogP contribution in [0.25, 0.3) is 0 Å². The maximum atomic E-state index is 10.4. The van der Waals surface area contributed by atoms with Crippen LogP contribution in [0.4, 0.5) is 0 Å². The van der Waals surface area contributed by atoms with Crippen LogP contribution in [0, 0.1) is 0 Å². The average molecular weight is 180 g/mol. The minimum Gasteiger partial charge on any atom is -0.504 e. The van der Waals surface area contributed by atoms with Gasteiger partial charge in [-0.05, 0) is 24.6 Å². The summed E-state index contributed by atoms with van der Waals surface area (Å²) in [5.74, 6) is 0.436. The van der Waals surface area contributed by atoms with Gasteiger partial charge < -0.3 is 9.84 Å². The number of benzene rings is 1. The first-order valence-electron chi connectivity index (χ1n) is 4.19. The lowest BCUT2D eigenvalue weighted by molar-refractivity contribution is 0.112.